The zero-order valence-electron chi connectivity index (χ0n) is 18.7. The van der Waals surface area contributed by atoms with Crippen molar-refractivity contribution in [3.63, 3.8) is 0 Å². The smallest absolute Gasteiger partial charge is 0.363 e. The van der Waals surface area contributed by atoms with Gasteiger partial charge in [0.15, 0.2) is 15.6 Å². The van der Waals surface area contributed by atoms with Gasteiger partial charge in [0.25, 0.3) is 0 Å². The van der Waals surface area contributed by atoms with E-state index < -0.39 is 32.5 Å². The summed E-state index contributed by atoms with van der Waals surface area (Å²) in [6.45, 7) is 6.56. The van der Waals surface area contributed by atoms with Crippen molar-refractivity contribution in [1.29, 1.82) is 0 Å². The number of halogens is 1. The van der Waals surface area contributed by atoms with Crippen LogP contribution in [-0.2, 0) is 33.0 Å². The molecule has 0 N–H and O–H groups in total. The molecule has 0 aliphatic rings. The van der Waals surface area contributed by atoms with Gasteiger partial charge in [0.05, 0.1) is 29.3 Å². The fourth-order valence-electron chi connectivity index (χ4n) is 2.80. The number of rotatable bonds is 8. The van der Waals surface area contributed by atoms with Crippen LogP contribution in [0.15, 0.2) is 33.7 Å². The lowest BCUT2D eigenvalue weighted by molar-refractivity contribution is -0.122. The van der Waals surface area contributed by atoms with Gasteiger partial charge in [0.2, 0.25) is 5.78 Å². The van der Waals surface area contributed by atoms with E-state index in [-0.39, 0.29) is 39.8 Å². The van der Waals surface area contributed by atoms with E-state index >= 15 is 0 Å². The van der Waals surface area contributed by atoms with Gasteiger partial charge < -0.3 is 4.74 Å². The summed E-state index contributed by atoms with van der Waals surface area (Å²) in [5.41, 5.74) is -1.82. The quantitative estimate of drug-likeness (QED) is 0.182. The Balaban J connectivity index is 2.71. The Morgan fingerprint density at radius 2 is 1.84 bits per heavy atom. The number of sulfone groups is 1. The van der Waals surface area contributed by atoms with Crippen molar-refractivity contribution in [2.24, 2.45) is 12.5 Å². The van der Waals surface area contributed by atoms with E-state index in [0.29, 0.717) is 0 Å². The zero-order valence-corrected chi connectivity index (χ0v) is 20.2. The van der Waals surface area contributed by atoms with E-state index in [1.807, 2.05) is 0 Å². The largest absolute Gasteiger partial charge is 0.501 e. The molecule has 0 atom stereocenters. The summed E-state index contributed by atoms with van der Waals surface area (Å²) >= 11 is 6.49. The van der Waals surface area contributed by atoms with Crippen LogP contribution in [0.3, 0.4) is 0 Å². The maximum atomic E-state index is 13.3. The number of carbonyl (C=O) groups excluding carboxylic acids is 2. The minimum atomic E-state index is -3.77. The molecular weight excluding hydrogens is 460 g/mol. The van der Waals surface area contributed by atoms with Crippen LogP contribution in [0.5, 0.6) is 0 Å². The average molecular weight is 485 g/mol. The molecule has 0 radical (unpaired) electrons. The number of carbonyl (C=O) groups is 2. The molecule has 0 amide bonds. The van der Waals surface area contributed by atoms with Crippen LogP contribution in [0.25, 0.3) is 0 Å². The van der Waals surface area contributed by atoms with Crippen molar-refractivity contribution in [1.82, 2.24) is 19.8 Å². The van der Waals surface area contributed by atoms with Gasteiger partial charge in [0.1, 0.15) is 5.57 Å². The Bertz CT molecular complexity index is 1250. The summed E-state index contributed by atoms with van der Waals surface area (Å²) in [7, 11) is -2.39. The molecule has 0 aliphatic carbocycles. The number of ketones is 2. The highest BCUT2D eigenvalue weighted by molar-refractivity contribution is 7.90. The van der Waals surface area contributed by atoms with Gasteiger partial charge in [0, 0.05) is 29.8 Å². The number of allylic oxidation sites excluding steroid dienone is 1. The van der Waals surface area contributed by atoms with Gasteiger partial charge in [-0.1, -0.05) is 32.4 Å². The first-order valence-corrected chi connectivity index (χ1v) is 11.9. The Hall–Kier alpha value is -2.79. The molecule has 10 nitrogen and oxygen atoms in total. The van der Waals surface area contributed by atoms with E-state index in [0.717, 1.165) is 21.9 Å². The number of aromatic nitrogens is 4. The first kappa shape index (κ1) is 25.5. The van der Waals surface area contributed by atoms with E-state index in [1.54, 1.807) is 27.7 Å². The van der Waals surface area contributed by atoms with Gasteiger partial charge >= 0.3 is 5.69 Å². The first-order valence-electron chi connectivity index (χ1n) is 9.59. The van der Waals surface area contributed by atoms with Crippen LogP contribution in [0.4, 0.5) is 0 Å². The zero-order chi connectivity index (χ0) is 24.4. The molecule has 0 aliphatic heterocycles. The molecule has 0 fully saturated rings. The molecule has 32 heavy (non-hydrogen) atoms. The number of hydrogen-bond acceptors (Lipinski definition) is 8. The molecule has 0 saturated heterocycles. The standard InChI is InChI=1S/C20H25ClN4O6S/c1-7-31-11-14(18(27)20(2,3)4)17(26)12-8-9-15(32(6,29)30)13(16(12)21)10-25-19(28)24(5)22-23-25/h8-9,11H,7,10H2,1-6H3/b14-11+. The monoisotopic (exact) mass is 484 g/mol. The van der Waals surface area contributed by atoms with Gasteiger partial charge in [-0.2, -0.15) is 9.36 Å². The summed E-state index contributed by atoms with van der Waals surface area (Å²) in [5.74, 6) is -1.19. The third-order valence-corrected chi connectivity index (χ3v) is 6.08. The highest BCUT2D eigenvalue weighted by Gasteiger charge is 2.32. The van der Waals surface area contributed by atoms with E-state index in [1.165, 1.54) is 19.2 Å². The lowest BCUT2D eigenvalue weighted by Crippen LogP contribution is -2.27. The molecule has 1 aromatic heterocycles. The van der Waals surface area contributed by atoms with Crippen LogP contribution in [-0.4, -0.2) is 52.6 Å². The van der Waals surface area contributed by atoms with Gasteiger partial charge in [-0.15, -0.1) is 0 Å². The fraction of sp³-hybridized carbons (Fsp3) is 0.450. The molecule has 2 rings (SSSR count). The van der Waals surface area contributed by atoms with Gasteiger partial charge in [-0.05, 0) is 29.5 Å². The summed E-state index contributed by atoms with van der Waals surface area (Å²) < 4.78 is 31.7. The molecule has 12 heteroatoms. The van der Waals surface area contributed by atoms with Crippen LogP contribution in [0.2, 0.25) is 5.02 Å². The molecule has 174 valence electrons. The molecule has 1 heterocycles. The fourth-order valence-corrected chi connectivity index (χ4v) is 4.10. The van der Waals surface area contributed by atoms with Crippen molar-refractivity contribution in [2.45, 2.75) is 39.1 Å². The minimum absolute atomic E-state index is 0.0124. The number of nitrogens with zero attached hydrogens (tertiary/aromatic N) is 4. The molecule has 0 spiro atoms. The van der Waals surface area contributed by atoms with Crippen LogP contribution in [0, 0.1) is 5.41 Å². The van der Waals surface area contributed by atoms with Gasteiger partial charge in [-0.3, -0.25) is 9.59 Å². The number of Topliss-reactive ketones (excluding diaryl/α,β-unsaturated/α-hetero) is 2. The Kier molecular flexibility index (Phi) is 7.46. The summed E-state index contributed by atoms with van der Waals surface area (Å²) in [4.78, 5) is 38.2. The van der Waals surface area contributed by atoms with Crippen LogP contribution < -0.4 is 5.69 Å². The highest BCUT2D eigenvalue weighted by Crippen LogP contribution is 2.31. The van der Waals surface area contributed by atoms with Crippen LogP contribution in [0.1, 0.15) is 43.6 Å². The second-order valence-electron chi connectivity index (χ2n) is 8.11. The number of ether oxygens (including phenoxy) is 1. The Labute approximate surface area is 190 Å². The molecular formula is C20H25ClN4O6S. The topological polar surface area (TPSA) is 130 Å². The SMILES string of the molecule is CCO/C=C(\C(=O)c1ccc(S(C)(=O)=O)c(Cn2nnn(C)c2=O)c1Cl)C(=O)C(C)(C)C. The van der Waals surface area contributed by atoms with Crippen molar-refractivity contribution in [2.75, 3.05) is 12.9 Å². The number of tetrazole rings is 1. The third-order valence-electron chi connectivity index (χ3n) is 4.47. The van der Waals surface area contributed by atoms with Gasteiger partial charge in [-0.25, -0.2) is 13.2 Å². The maximum Gasteiger partial charge on any atom is 0.363 e. The highest BCUT2D eigenvalue weighted by atomic mass is 35.5. The van der Waals surface area contributed by atoms with E-state index in [4.69, 9.17) is 16.3 Å². The van der Waals surface area contributed by atoms with E-state index in [9.17, 15) is 22.8 Å². The number of benzene rings is 1. The normalized spacial score (nSPS) is 12.7. The van der Waals surface area contributed by atoms with Crippen molar-refractivity contribution in [3.05, 3.63) is 50.6 Å². The Morgan fingerprint density at radius 3 is 2.31 bits per heavy atom. The predicted octanol–water partition coefficient (Wildman–Crippen LogP) is 1.80. The summed E-state index contributed by atoms with van der Waals surface area (Å²) in [6.07, 6.45) is 2.07. The minimum Gasteiger partial charge on any atom is -0.501 e. The van der Waals surface area contributed by atoms with Crippen LogP contribution >= 0.6 is 11.6 Å². The third kappa shape index (κ3) is 5.33. The second kappa shape index (κ2) is 9.37. The van der Waals surface area contributed by atoms with Crippen molar-refractivity contribution in [3.8, 4) is 0 Å². The Morgan fingerprint density at radius 1 is 1.22 bits per heavy atom. The lowest BCUT2D eigenvalue weighted by atomic mass is 9.84. The lowest BCUT2D eigenvalue weighted by Gasteiger charge is -2.19. The summed E-state index contributed by atoms with van der Waals surface area (Å²) in [5, 5.41) is 7.06. The molecule has 1 aromatic carbocycles. The molecule has 0 saturated carbocycles. The van der Waals surface area contributed by atoms with Crippen molar-refractivity contribution >= 4 is 33.0 Å². The molecule has 0 unspecified atom stereocenters. The summed E-state index contributed by atoms with van der Waals surface area (Å²) in [6, 6.07) is 2.45. The first-order chi connectivity index (χ1) is 14.7. The van der Waals surface area contributed by atoms with E-state index in [2.05, 4.69) is 10.4 Å². The molecule has 2 aromatic rings. The molecule has 0 bridgehead atoms. The second-order valence-corrected chi connectivity index (χ2v) is 10.5. The average Bonchev–Trinajstić information content (AvgIpc) is 2.99. The number of hydrogen-bond donors (Lipinski definition) is 0. The number of aryl methyl sites for hydroxylation is 1. The maximum absolute atomic E-state index is 13.3. The van der Waals surface area contributed by atoms with Crippen molar-refractivity contribution < 1.29 is 22.7 Å². The predicted molar refractivity (Wildman–Crippen MR) is 117 cm³/mol.